The van der Waals surface area contributed by atoms with Gasteiger partial charge in [-0.15, -0.1) is 0 Å². The average Bonchev–Trinajstić information content (AvgIpc) is 2.58. The average molecular weight is 243 g/mol. The lowest BCUT2D eigenvalue weighted by Gasteiger charge is -2.32. The zero-order chi connectivity index (χ0) is 11.6. The standard InChI is InChI=1S/C10H17N3O2S/c1-7-8(11)13-16-9(7)12-6-10(14)2-4-15-5-3-10/h12,14H,2-6H2,1H3,(H2,11,13). The number of aliphatic hydroxyl groups is 1. The number of nitrogen functional groups attached to an aromatic ring is 1. The number of rotatable bonds is 3. The zero-order valence-electron chi connectivity index (χ0n) is 9.32. The molecule has 0 atom stereocenters. The molecular formula is C10H17N3O2S. The second-order valence-electron chi connectivity index (χ2n) is 4.21. The van der Waals surface area contributed by atoms with Gasteiger partial charge in [-0.1, -0.05) is 0 Å². The molecule has 0 amide bonds. The summed E-state index contributed by atoms with van der Waals surface area (Å²) in [7, 11) is 0. The molecule has 1 fully saturated rings. The van der Waals surface area contributed by atoms with E-state index in [9.17, 15) is 5.11 Å². The van der Waals surface area contributed by atoms with E-state index in [0.717, 1.165) is 10.6 Å². The second kappa shape index (κ2) is 4.57. The maximum atomic E-state index is 10.2. The molecule has 16 heavy (non-hydrogen) atoms. The SMILES string of the molecule is Cc1c(N)nsc1NCC1(O)CCOCC1. The Morgan fingerprint density at radius 3 is 2.81 bits per heavy atom. The van der Waals surface area contributed by atoms with Crippen molar-refractivity contribution in [3.63, 3.8) is 0 Å². The third-order valence-electron chi connectivity index (χ3n) is 2.96. The molecule has 1 saturated heterocycles. The molecule has 1 aliphatic rings. The maximum Gasteiger partial charge on any atom is 0.142 e. The van der Waals surface area contributed by atoms with Gasteiger partial charge >= 0.3 is 0 Å². The number of nitrogens with one attached hydrogen (secondary N) is 1. The second-order valence-corrected chi connectivity index (χ2v) is 4.99. The number of nitrogens with zero attached hydrogens (tertiary/aromatic N) is 1. The van der Waals surface area contributed by atoms with Crippen LogP contribution in [0.25, 0.3) is 0 Å². The lowest BCUT2D eigenvalue weighted by molar-refractivity contribution is -0.0543. The molecule has 0 radical (unpaired) electrons. The van der Waals surface area contributed by atoms with Gasteiger partial charge in [0.05, 0.1) is 5.60 Å². The van der Waals surface area contributed by atoms with E-state index in [0.29, 0.717) is 38.4 Å². The first kappa shape index (κ1) is 11.6. The van der Waals surface area contributed by atoms with E-state index < -0.39 is 5.60 Å². The molecule has 1 aromatic heterocycles. The van der Waals surface area contributed by atoms with E-state index >= 15 is 0 Å². The van der Waals surface area contributed by atoms with Crippen LogP contribution >= 0.6 is 11.5 Å². The van der Waals surface area contributed by atoms with Gasteiger partial charge in [0, 0.05) is 38.2 Å². The van der Waals surface area contributed by atoms with Crippen LogP contribution in [-0.4, -0.2) is 34.8 Å². The Labute approximate surface area is 98.8 Å². The van der Waals surface area contributed by atoms with Crippen LogP contribution in [0.2, 0.25) is 0 Å². The Morgan fingerprint density at radius 2 is 2.25 bits per heavy atom. The van der Waals surface area contributed by atoms with Gasteiger partial charge in [-0.2, -0.15) is 4.37 Å². The van der Waals surface area contributed by atoms with Crippen molar-refractivity contribution in [2.45, 2.75) is 25.4 Å². The minimum atomic E-state index is -0.663. The highest BCUT2D eigenvalue weighted by Gasteiger charge is 2.29. The Balaban J connectivity index is 1.93. The van der Waals surface area contributed by atoms with Crippen LogP contribution in [0.5, 0.6) is 0 Å². The lowest BCUT2D eigenvalue weighted by atomic mass is 9.94. The first-order valence-corrected chi connectivity index (χ1v) is 6.14. The Kier molecular flexibility index (Phi) is 3.32. The van der Waals surface area contributed by atoms with Crippen molar-refractivity contribution in [1.29, 1.82) is 0 Å². The first-order chi connectivity index (χ1) is 7.61. The molecule has 1 aromatic rings. The van der Waals surface area contributed by atoms with Gasteiger partial charge in [-0.05, 0) is 18.5 Å². The van der Waals surface area contributed by atoms with E-state index in [-0.39, 0.29) is 0 Å². The molecule has 0 saturated carbocycles. The van der Waals surface area contributed by atoms with E-state index in [2.05, 4.69) is 9.69 Å². The van der Waals surface area contributed by atoms with Gasteiger partial charge in [-0.25, -0.2) is 0 Å². The first-order valence-electron chi connectivity index (χ1n) is 5.36. The molecular weight excluding hydrogens is 226 g/mol. The van der Waals surface area contributed by atoms with Gasteiger partial charge in [0.15, 0.2) is 0 Å². The number of nitrogens with two attached hydrogens (primary N) is 1. The third kappa shape index (κ3) is 2.45. The number of ether oxygens (including phenoxy) is 1. The van der Waals surface area contributed by atoms with Crippen LogP contribution in [0, 0.1) is 6.92 Å². The molecule has 4 N–H and O–H groups in total. The van der Waals surface area contributed by atoms with Gasteiger partial charge in [0.25, 0.3) is 0 Å². The molecule has 0 bridgehead atoms. The topological polar surface area (TPSA) is 80.4 Å². The molecule has 1 aliphatic heterocycles. The molecule has 5 nitrogen and oxygen atoms in total. The van der Waals surface area contributed by atoms with Gasteiger partial charge in [0.2, 0.25) is 0 Å². The van der Waals surface area contributed by atoms with Crippen LogP contribution in [-0.2, 0) is 4.74 Å². The largest absolute Gasteiger partial charge is 0.388 e. The summed E-state index contributed by atoms with van der Waals surface area (Å²) in [5.41, 5.74) is 5.95. The summed E-state index contributed by atoms with van der Waals surface area (Å²) in [4.78, 5) is 0. The summed E-state index contributed by atoms with van der Waals surface area (Å²) in [5.74, 6) is 0.562. The molecule has 0 unspecified atom stereocenters. The smallest absolute Gasteiger partial charge is 0.142 e. The van der Waals surface area contributed by atoms with Crippen molar-refractivity contribution in [1.82, 2.24) is 4.37 Å². The predicted octanol–water partition coefficient (Wildman–Crippen LogP) is 0.987. The highest BCUT2D eigenvalue weighted by atomic mass is 32.1. The molecule has 6 heteroatoms. The molecule has 0 aliphatic carbocycles. The number of hydrogen-bond donors (Lipinski definition) is 3. The van der Waals surface area contributed by atoms with E-state index in [1.165, 1.54) is 11.5 Å². The van der Waals surface area contributed by atoms with Crippen LogP contribution in [0.4, 0.5) is 10.8 Å². The zero-order valence-corrected chi connectivity index (χ0v) is 10.1. The molecule has 2 heterocycles. The number of anilines is 2. The lowest BCUT2D eigenvalue weighted by Crippen LogP contribution is -2.42. The quantitative estimate of drug-likeness (QED) is 0.737. The van der Waals surface area contributed by atoms with E-state index in [1.54, 1.807) is 0 Å². The number of aromatic nitrogens is 1. The van der Waals surface area contributed by atoms with Gasteiger partial charge in [0.1, 0.15) is 10.8 Å². The minimum Gasteiger partial charge on any atom is -0.388 e. The summed E-state index contributed by atoms with van der Waals surface area (Å²) in [6, 6.07) is 0. The van der Waals surface area contributed by atoms with Crippen LogP contribution in [0.15, 0.2) is 0 Å². The predicted molar refractivity (Wildman–Crippen MR) is 64.8 cm³/mol. The highest BCUT2D eigenvalue weighted by molar-refractivity contribution is 7.10. The summed E-state index contributed by atoms with van der Waals surface area (Å²) < 4.78 is 9.28. The van der Waals surface area contributed by atoms with Crippen LogP contribution < -0.4 is 11.1 Å². The minimum absolute atomic E-state index is 0.527. The monoisotopic (exact) mass is 243 g/mol. The van der Waals surface area contributed by atoms with Gasteiger partial charge < -0.3 is 20.9 Å². The van der Waals surface area contributed by atoms with Crippen molar-refractivity contribution in [3.05, 3.63) is 5.56 Å². The number of hydrogen-bond acceptors (Lipinski definition) is 6. The fourth-order valence-corrected chi connectivity index (χ4v) is 2.39. The van der Waals surface area contributed by atoms with Crippen molar-refractivity contribution in [2.24, 2.45) is 0 Å². The Bertz CT molecular complexity index is 361. The Hall–Kier alpha value is -0.850. The molecule has 90 valence electrons. The maximum absolute atomic E-state index is 10.2. The van der Waals surface area contributed by atoms with Crippen molar-refractivity contribution < 1.29 is 9.84 Å². The van der Waals surface area contributed by atoms with Crippen molar-refractivity contribution in [3.8, 4) is 0 Å². The summed E-state index contributed by atoms with van der Waals surface area (Å²) in [5, 5.41) is 14.4. The summed E-state index contributed by atoms with van der Waals surface area (Å²) in [6.45, 7) is 3.71. The van der Waals surface area contributed by atoms with E-state index in [4.69, 9.17) is 10.5 Å². The third-order valence-corrected chi connectivity index (χ3v) is 3.88. The summed E-state index contributed by atoms with van der Waals surface area (Å²) in [6.07, 6.45) is 1.35. The summed E-state index contributed by atoms with van der Waals surface area (Å²) >= 11 is 1.33. The fourth-order valence-electron chi connectivity index (χ4n) is 1.69. The molecule has 0 spiro atoms. The fraction of sp³-hybridized carbons (Fsp3) is 0.700. The highest BCUT2D eigenvalue weighted by Crippen LogP contribution is 2.27. The van der Waals surface area contributed by atoms with Crippen molar-refractivity contribution in [2.75, 3.05) is 30.8 Å². The molecule has 0 aromatic carbocycles. The van der Waals surface area contributed by atoms with E-state index in [1.807, 2.05) is 6.92 Å². The van der Waals surface area contributed by atoms with Crippen molar-refractivity contribution >= 4 is 22.4 Å². The van der Waals surface area contributed by atoms with Gasteiger partial charge in [-0.3, -0.25) is 0 Å². The normalized spacial score (nSPS) is 19.6. The Morgan fingerprint density at radius 1 is 1.56 bits per heavy atom. The van der Waals surface area contributed by atoms with Crippen LogP contribution in [0.1, 0.15) is 18.4 Å². The van der Waals surface area contributed by atoms with Crippen LogP contribution in [0.3, 0.4) is 0 Å². The molecule has 2 rings (SSSR count).